The number of carbonyl (C=O) groups excluding carboxylic acids is 1. The largest absolute Gasteiger partial charge is 0.480 e. The molecule has 0 spiro atoms. The molecule has 118 valence electrons. The summed E-state index contributed by atoms with van der Waals surface area (Å²) in [7, 11) is 1.11. The molecule has 1 amide bonds. The van der Waals surface area contributed by atoms with E-state index in [-0.39, 0.29) is 0 Å². The minimum absolute atomic E-state index is 0.696. The Hall–Kier alpha value is -1.26. The maximum Gasteiger partial charge on any atom is 0.329 e. The van der Waals surface area contributed by atoms with Crippen LogP contribution < -0.4 is 0 Å². The highest BCUT2D eigenvalue weighted by molar-refractivity contribution is 5.88. The van der Waals surface area contributed by atoms with E-state index in [1.165, 1.54) is 13.8 Å². The van der Waals surface area contributed by atoms with E-state index in [0.29, 0.717) is 4.90 Å². The molecule has 0 bridgehead atoms. The van der Waals surface area contributed by atoms with Gasteiger partial charge in [0.15, 0.2) is 6.10 Å². The molecule has 0 aromatic rings. The molecule has 0 radical (unpaired) electrons. The molecule has 4 atom stereocenters. The van der Waals surface area contributed by atoms with Gasteiger partial charge in [-0.05, 0) is 13.8 Å². The molecule has 0 saturated heterocycles. The second-order valence-corrected chi connectivity index (χ2v) is 4.94. The van der Waals surface area contributed by atoms with Gasteiger partial charge in [-0.25, -0.2) is 4.79 Å². The highest BCUT2D eigenvalue weighted by atomic mass is 16.4. The summed E-state index contributed by atoms with van der Waals surface area (Å²) < 4.78 is 0. The van der Waals surface area contributed by atoms with E-state index in [1.807, 2.05) is 0 Å². The Balaban J connectivity index is 4.98. The molecule has 9 nitrogen and oxygen atoms in total. The summed E-state index contributed by atoms with van der Waals surface area (Å²) in [5, 5.41) is 55.3. The molecular weight excluding hydrogens is 274 g/mol. The van der Waals surface area contributed by atoms with Crippen LogP contribution in [-0.2, 0) is 9.59 Å². The Bertz CT molecular complexity index is 358. The first kappa shape index (κ1) is 18.7. The van der Waals surface area contributed by atoms with Crippen LogP contribution in [0.2, 0.25) is 0 Å². The number of amides is 1. The van der Waals surface area contributed by atoms with Gasteiger partial charge in [-0.1, -0.05) is 0 Å². The molecule has 6 N–H and O–H groups in total. The fourth-order valence-corrected chi connectivity index (χ4v) is 1.29. The lowest BCUT2D eigenvalue weighted by Crippen LogP contribution is -2.58. The first-order valence-electron chi connectivity index (χ1n) is 5.82. The van der Waals surface area contributed by atoms with Crippen LogP contribution in [0.25, 0.3) is 0 Å². The Kier molecular flexibility index (Phi) is 6.51. The molecule has 0 saturated carbocycles. The number of rotatable bonds is 7. The van der Waals surface area contributed by atoms with Crippen molar-refractivity contribution in [3.05, 3.63) is 0 Å². The lowest BCUT2D eigenvalue weighted by atomic mass is 9.99. The van der Waals surface area contributed by atoms with E-state index in [4.69, 9.17) is 15.3 Å². The fourth-order valence-electron chi connectivity index (χ4n) is 1.29. The van der Waals surface area contributed by atoms with Gasteiger partial charge in [0.05, 0.1) is 6.61 Å². The van der Waals surface area contributed by atoms with Crippen LogP contribution in [0.1, 0.15) is 13.8 Å². The summed E-state index contributed by atoms with van der Waals surface area (Å²) in [5.74, 6) is -2.47. The summed E-state index contributed by atoms with van der Waals surface area (Å²) in [4.78, 5) is 23.5. The maximum absolute atomic E-state index is 11.8. The predicted octanol–water partition coefficient (Wildman–Crippen LogP) is -3.26. The van der Waals surface area contributed by atoms with Crippen molar-refractivity contribution < 1.29 is 40.2 Å². The maximum atomic E-state index is 11.8. The third-order valence-electron chi connectivity index (χ3n) is 3.20. The van der Waals surface area contributed by atoms with Crippen molar-refractivity contribution in [1.82, 2.24) is 4.90 Å². The predicted molar refractivity (Wildman–Crippen MR) is 65.6 cm³/mol. The Morgan fingerprint density at radius 1 is 1.10 bits per heavy atom. The van der Waals surface area contributed by atoms with E-state index in [9.17, 15) is 24.9 Å². The second kappa shape index (κ2) is 6.95. The summed E-state index contributed by atoms with van der Waals surface area (Å²) in [6, 6.07) is 0. The molecule has 0 aromatic heterocycles. The van der Waals surface area contributed by atoms with Crippen molar-refractivity contribution in [2.24, 2.45) is 0 Å². The van der Waals surface area contributed by atoms with Crippen LogP contribution in [0.5, 0.6) is 0 Å². The fraction of sp³-hybridized carbons (Fsp3) is 0.818. The van der Waals surface area contributed by atoms with Gasteiger partial charge in [-0.3, -0.25) is 4.79 Å². The van der Waals surface area contributed by atoms with E-state index in [1.54, 1.807) is 0 Å². The average Bonchev–Trinajstić information content (AvgIpc) is 2.41. The van der Waals surface area contributed by atoms with E-state index < -0.39 is 48.4 Å². The quantitative estimate of drug-likeness (QED) is 0.285. The third kappa shape index (κ3) is 3.87. The van der Waals surface area contributed by atoms with Crippen LogP contribution in [0.4, 0.5) is 0 Å². The second-order valence-electron chi connectivity index (χ2n) is 4.94. The number of carboxylic acid groups (broad SMARTS) is 1. The van der Waals surface area contributed by atoms with Gasteiger partial charge in [0.2, 0.25) is 0 Å². The number of likely N-dealkylation sites (N-methyl/N-ethyl adjacent to an activating group) is 1. The smallest absolute Gasteiger partial charge is 0.329 e. The van der Waals surface area contributed by atoms with Crippen LogP contribution >= 0.6 is 0 Å². The molecule has 0 unspecified atom stereocenters. The molecule has 0 aliphatic heterocycles. The summed E-state index contributed by atoms with van der Waals surface area (Å²) in [5.41, 5.74) is -1.64. The van der Waals surface area contributed by atoms with Crippen LogP contribution in [-0.4, -0.2) is 91.0 Å². The topological polar surface area (TPSA) is 159 Å². The number of hydrogen-bond donors (Lipinski definition) is 6. The number of nitrogens with zero attached hydrogens (tertiary/aromatic N) is 1. The number of carbonyl (C=O) groups is 2. The van der Waals surface area contributed by atoms with Gasteiger partial charge < -0.3 is 35.5 Å². The van der Waals surface area contributed by atoms with Crippen molar-refractivity contribution in [2.75, 3.05) is 13.7 Å². The van der Waals surface area contributed by atoms with Crippen LogP contribution in [0.15, 0.2) is 0 Å². The number of hydrogen-bond acceptors (Lipinski definition) is 7. The monoisotopic (exact) mass is 295 g/mol. The Labute approximate surface area is 115 Å². The molecule has 0 heterocycles. The van der Waals surface area contributed by atoms with E-state index in [2.05, 4.69) is 0 Å². The highest BCUT2D eigenvalue weighted by Crippen LogP contribution is 2.16. The van der Waals surface area contributed by atoms with Crippen LogP contribution in [0, 0.1) is 0 Å². The Morgan fingerprint density at radius 3 is 1.90 bits per heavy atom. The Morgan fingerprint density at radius 2 is 1.55 bits per heavy atom. The summed E-state index contributed by atoms with van der Waals surface area (Å²) >= 11 is 0. The van der Waals surface area contributed by atoms with Crippen molar-refractivity contribution in [2.45, 2.75) is 43.8 Å². The number of aliphatic carboxylic acids is 1. The number of carboxylic acids is 1. The van der Waals surface area contributed by atoms with Gasteiger partial charge in [-0.2, -0.15) is 0 Å². The van der Waals surface area contributed by atoms with Gasteiger partial charge in [0.25, 0.3) is 5.91 Å². The van der Waals surface area contributed by atoms with Crippen molar-refractivity contribution >= 4 is 11.9 Å². The SMILES string of the molecule is CN(C(=O)[C@H](O)[C@@H](O)[C@H](O)[C@H](O)CO)C(C)(C)C(=O)O. The molecule has 0 aromatic carbocycles. The van der Waals surface area contributed by atoms with Crippen molar-refractivity contribution in [3.63, 3.8) is 0 Å². The van der Waals surface area contributed by atoms with Crippen molar-refractivity contribution in [3.8, 4) is 0 Å². The molecule has 0 rings (SSSR count). The van der Waals surface area contributed by atoms with Gasteiger partial charge in [-0.15, -0.1) is 0 Å². The summed E-state index contributed by atoms with van der Waals surface area (Å²) in [6.07, 6.45) is -7.92. The van der Waals surface area contributed by atoms with E-state index in [0.717, 1.165) is 7.05 Å². The average molecular weight is 295 g/mol. The lowest BCUT2D eigenvalue weighted by Gasteiger charge is -2.35. The van der Waals surface area contributed by atoms with Gasteiger partial charge >= 0.3 is 5.97 Å². The molecule has 20 heavy (non-hydrogen) atoms. The van der Waals surface area contributed by atoms with E-state index >= 15 is 0 Å². The number of aliphatic hydroxyl groups excluding tert-OH is 5. The first-order chi connectivity index (χ1) is 8.98. The van der Waals surface area contributed by atoms with Gasteiger partial charge in [0, 0.05) is 7.05 Å². The molecule has 0 aliphatic carbocycles. The number of aliphatic hydroxyl groups is 5. The standard InChI is InChI=1S/C11H21NO8/c1-11(2,10(19)20)12(3)9(18)8(17)7(16)6(15)5(14)4-13/h5-8,13-17H,4H2,1-3H3,(H,19,20)/t5-,6-,7+,8-/m1/s1. The normalized spacial score (nSPS) is 18.0. The minimum atomic E-state index is -2.14. The molecule has 9 heteroatoms. The first-order valence-corrected chi connectivity index (χ1v) is 5.82. The zero-order valence-electron chi connectivity index (χ0n) is 11.5. The molecule has 0 fully saturated rings. The zero-order valence-corrected chi connectivity index (χ0v) is 11.5. The minimum Gasteiger partial charge on any atom is -0.480 e. The van der Waals surface area contributed by atoms with Gasteiger partial charge in [0.1, 0.15) is 23.9 Å². The molecule has 0 aliphatic rings. The molecular formula is C11H21NO8. The van der Waals surface area contributed by atoms with Crippen LogP contribution in [0.3, 0.4) is 0 Å². The van der Waals surface area contributed by atoms with Crippen molar-refractivity contribution in [1.29, 1.82) is 0 Å². The zero-order chi connectivity index (χ0) is 16.2. The lowest BCUT2D eigenvalue weighted by molar-refractivity contribution is -0.168. The summed E-state index contributed by atoms with van der Waals surface area (Å²) in [6.45, 7) is 1.55. The highest BCUT2D eigenvalue weighted by Gasteiger charge is 2.41. The third-order valence-corrected chi connectivity index (χ3v) is 3.20.